The third kappa shape index (κ3) is 4.24. The van der Waals surface area contributed by atoms with Gasteiger partial charge in [0.2, 0.25) is 0 Å². The van der Waals surface area contributed by atoms with Gasteiger partial charge in [0, 0.05) is 55.6 Å². The van der Waals surface area contributed by atoms with E-state index in [1.807, 2.05) is 35.0 Å². The van der Waals surface area contributed by atoms with Gasteiger partial charge < -0.3 is 20.4 Å². The number of rotatable bonds is 3. The molecule has 0 aliphatic carbocycles. The minimum absolute atomic E-state index is 0.0789. The largest absolute Gasteiger partial charge is 0.383 e. The molecule has 0 bridgehead atoms. The zero-order valence-electron chi connectivity index (χ0n) is 20.3. The number of carbonyl (C=O) groups excluding carboxylic acids is 1. The first-order valence-electron chi connectivity index (χ1n) is 12.1. The number of nitrogens with two attached hydrogens (primary N) is 1. The van der Waals surface area contributed by atoms with Crippen LogP contribution >= 0.6 is 11.6 Å². The van der Waals surface area contributed by atoms with Crippen LogP contribution in [0.1, 0.15) is 15.9 Å². The van der Waals surface area contributed by atoms with Gasteiger partial charge in [-0.1, -0.05) is 17.7 Å². The molecule has 2 aromatic carbocycles. The van der Waals surface area contributed by atoms with Crippen molar-refractivity contribution < 1.29 is 9.18 Å². The summed E-state index contributed by atoms with van der Waals surface area (Å²) in [7, 11) is 2.05. The summed E-state index contributed by atoms with van der Waals surface area (Å²) in [4.78, 5) is 32.7. The molecule has 1 amide bonds. The van der Waals surface area contributed by atoms with E-state index in [1.165, 1.54) is 12.4 Å². The van der Waals surface area contributed by atoms with Gasteiger partial charge in [-0.05, 0) is 54.9 Å². The van der Waals surface area contributed by atoms with Crippen molar-refractivity contribution in [2.75, 3.05) is 50.4 Å². The zero-order valence-corrected chi connectivity index (χ0v) is 21.0. The fraction of sp³-hybridized carbons (Fsp3) is 0.259. The van der Waals surface area contributed by atoms with Crippen molar-refractivity contribution in [1.82, 2.24) is 24.8 Å². The van der Waals surface area contributed by atoms with Crippen LogP contribution in [0.4, 0.5) is 21.7 Å². The van der Waals surface area contributed by atoms with Gasteiger partial charge in [-0.15, -0.1) is 0 Å². The molecule has 0 saturated carbocycles. The van der Waals surface area contributed by atoms with Gasteiger partial charge in [-0.2, -0.15) is 0 Å². The molecule has 6 rings (SSSR count). The number of piperazine rings is 1. The third-order valence-electron chi connectivity index (χ3n) is 7.16. The van der Waals surface area contributed by atoms with Gasteiger partial charge in [0.1, 0.15) is 23.8 Å². The highest BCUT2D eigenvalue weighted by Crippen LogP contribution is 2.39. The Kier molecular flexibility index (Phi) is 5.89. The van der Waals surface area contributed by atoms with Crippen molar-refractivity contribution in [2.45, 2.75) is 6.42 Å². The van der Waals surface area contributed by atoms with E-state index in [-0.39, 0.29) is 16.7 Å². The van der Waals surface area contributed by atoms with Crippen LogP contribution in [0, 0.1) is 5.82 Å². The molecule has 10 heteroatoms. The topological polar surface area (TPSA) is 91.5 Å². The number of amides is 1. The Morgan fingerprint density at radius 1 is 1.00 bits per heavy atom. The second kappa shape index (κ2) is 9.24. The van der Waals surface area contributed by atoms with E-state index in [1.54, 1.807) is 18.3 Å². The van der Waals surface area contributed by atoms with Gasteiger partial charge in [0.25, 0.3) is 5.91 Å². The maximum absolute atomic E-state index is 14.0. The second-order valence-electron chi connectivity index (χ2n) is 9.48. The third-order valence-corrected chi connectivity index (χ3v) is 7.45. The molecular formula is C27H25ClFN7O. The van der Waals surface area contributed by atoms with Crippen LogP contribution in [0.25, 0.3) is 22.0 Å². The normalized spacial score (nSPS) is 15.9. The Hall–Kier alpha value is -3.82. The summed E-state index contributed by atoms with van der Waals surface area (Å²) in [5.41, 5.74) is 10.7. The molecule has 0 atom stereocenters. The van der Waals surface area contributed by atoms with E-state index in [9.17, 15) is 9.18 Å². The number of anilines is 3. The molecule has 2 aliphatic rings. The molecule has 1 saturated heterocycles. The number of fused-ring (bicyclic) bond motifs is 2. The number of nitrogen functional groups attached to an aromatic ring is 1. The first-order chi connectivity index (χ1) is 17.9. The fourth-order valence-electron chi connectivity index (χ4n) is 5.02. The molecule has 2 aromatic heterocycles. The smallest absolute Gasteiger partial charge is 0.257 e. The van der Waals surface area contributed by atoms with Crippen molar-refractivity contribution in [3.8, 4) is 11.1 Å². The van der Waals surface area contributed by atoms with Crippen LogP contribution in [0.15, 0.2) is 48.9 Å². The van der Waals surface area contributed by atoms with E-state index < -0.39 is 5.82 Å². The Morgan fingerprint density at radius 2 is 1.81 bits per heavy atom. The highest BCUT2D eigenvalue weighted by Gasteiger charge is 2.26. The number of pyridine rings is 1. The first kappa shape index (κ1) is 23.6. The summed E-state index contributed by atoms with van der Waals surface area (Å²) in [5.74, 6) is 0.401. The predicted octanol–water partition coefficient (Wildman–Crippen LogP) is 4.15. The Labute approximate surface area is 218 Å². The average Bonchev–Trinajstić information content (AvgIpc) is 3.30. The summed E-state index contributed by atoms with van der Waals surface area (Å²) in [6.45, 7) is 3.60. The molecule has 2 N–H and O–H groups in total. The molecule has 4 heterocycles. The van der Waals surface area contributed by atoms with Gasteiger partial charge in [0.05, 0.1) is 16.1 Å². The molecule has 0 unspecified atom stereocenters. The van der Waals surface area contributed by atoms with Crippen LogP contribution in [-0.4, -0.2) is 70.4 Å². The molecule has 0 spiro atoms. The molecule has 8 nitrogen and oxygen atoms in total. The van der Waals surface area contributed by atoms with Crippen LogP contribution in [0.3, 0.4) is 0 Å². The molecular weight excluding hydrogens is 493 g/mol. The minimum Gasteiger partial charge on any atom is -0.383 e. The number of carbonyl (C=O) groups is 1. The molecule has 37 heavy (non-hydrogen) atoms. The van der Waals surface area contributed by atoms with Crippen molar-refractivity contribution in [3.63, 3.8) is 0 Å². The van der Waals surface area contributed by atoms with Crippen LogP contribution in [0.2, 0.25) is 5.02 Å². The lowest BCUT2D eigenvalue weighted by atomic mass is 10.0. The van der Waals surface area contributed by atoms with Gasteiger partial charge in [0.15, 0.2) is 0 Å². The summed E-state index contributed by atoms with van der Waals surface area (Å²) < 4.78 is 14.0. The number of hydrogen-bond donors (Lipinski definition) is 1. The van der Waals surface area contributed by atoms with E-state index in [0.29, 0.717) is 37.4 Å². The number of nitrogens with zero attached hydrogens (tertiary/aromatic N) is 6. The number of benzene rings is 2. The Morgan fingerprint density at radius 3 is 2.62 bits per heavy atom. The van der Waals surface area contributed by atoms with Crippen LogP contribution in [-0.2, 0) is 6.42 Å². The number of halogens is 2. The fourth-order valence-corrected chi connectivity index (χ4v) is 5.18. The monoisotopic (exact) mass is 517 g/mol. The minimum atomic E-state index is -0.421. The number of aromatic nitrogens is 3. The van der Waals surface area contributed by atoms with Gasteiger partial charge >= 0.3 is 0 Å². The number of likely N-dealkylation sites (N-methyl/N-ethyl adjacent to an activating group) is 1. The quantitative estimate of drug-likeness (QED) is 0.436. The van der Waals surface area contributed by atoms with E-state index in [4.69, 9.17) is 17.3 Å². The Bertz CT molecular complexity index is 1540. The maximum Gasteiger partial charge on any atom is 0.257 e. The second-order valence-corrected chi connectivity index (χ2v) is 9.89. The molecule has 1 fully saturated rings. The lowest BCUT2D eigenvalue weighted by Gasteiger charge is -2.32. The Balaban J connectivity index is 1.39. The van der Waals surface area contributed by atoms with Gasteiger partial charge in [-0.3, -0.25) is 4.79 Å². The molecule has 2 aliphatic heterocycles. The predicted molar refractivity (Wildman–Crippen MR) is 143 cm³/mol. The zero-order chi connectivity index (χ0) is 25.7. The molecule has 0 radical (unpaired) electrons. The van der Waals surface area contributed by atoms with Crippen LogP contribution in [0.5, 0.6) is 0 Å². The van der Waals surface area contributed by atoms with Crippen molar-refractivity contribution in [2.24, 2.45) is 0 Å². The average molecular weight is 518 g/mol. The standard InChI is InChI=1S/C27H25ClFN7O/c1-34-6-8-35(9-7-34)27(37)20-11-18(14-31-25(20)30)16-2-3-23-19(10-16)26(33-15-32-23)36-5-4-17-12-22(29)21(28)13-24(17)36/h2-3,10-15H,4-9H2,1H3,(H2,30,31). The van der Waals surface area contributed by atoms with Crippen molar-refractivity contribution in [1.29, 1.82) is 0 Å². The maximum atomic E-state index is 14.0. The first-order valence-corrected chi connectivity index (χ1v) is 12.5. The van der Waals surface area contributed by atoms with E-state index in [0.717, 1.165) is 46.4 Å². The lowest BCUT2D eigenvalue weighted by Crippen LogP contribution is -2.47. The van der Waals surface area contributed by atoms with Crippen molar-refractivity contribution >= 4 is 45.7 Å². The van der Waals surface area contributed by atoms with E-state index >= 15 is 0 Å². The summed E-state index contributed by atoms with van der Waals surface area (Å²) in [6, 6.07) is 10.8. The number of hydrogen-bond acceptors (Lipinski definition) is 7. The van der Waals surface area contributed by atoms with Crippen LogP contribution < -0.4 is 10.6 Å². The highest BCUT2D eigenvalue weighted by atomic mass is 35.5. The van der Waals surface area contributed by atoms with E-state index in [2.05, 4.69) is 19.9 Å². The van der Waals surface area contributed by atoms with Gasteiger partial charge in [-0.25, -0.2) is 19.3 Å². The molecule has 4 aromatic rings. The van der Waals surface area contributed by atoms with Crippen molar-refractivity contribution in [3.05, 3.63) is 70.9 Å². The summed E-state index contributed by atoms with van der Waals surface area (Å²) in [5, 5.41) is 0.910. The summed E-state index contributed by atoms with van der Waals surface area (Å²) >= 11 is 6.10. The molecule has 188 valence electrons. The lowest BCUT2D eigenvalue weighted by molar-refractivity contribution is 0.0665. The SMILES string of the molecule is CN1CCN(C(=O)c2cc(-c3ccc4ncnc(N5CCc6cc(F)c(Cl)cc65)c4c3)cnc2N)CC1. The highest BCUT2D eigenvalue weighted by molar-refractivity contribution is 6.31. The summed E-state index contributed by atoms with van der Waals surface area (Å²) in [6.07, 6.45) is 3.89.